The van der Waals surface area contributed by atoms with Gasteiger partial charge in [0.1, 0.15) is 5.69 Å². The van der Waals surface area contributed by atoms with Crippen molar-refractivity contribution in [3.8, 4) is 0 Å². The monoisotopic (exact) mass is 545 g/mol. The zero-order valence-corrected chi connectivity index (χ0v) is 27.2. The molecule has 0 unspecified atom stereocenters. The van der Waals surface area contributed by atoms with E-state index in [9.17, 15) is 0 Å². The number of aryl methyl sites for hydroxylation is 4. The average molecular weight is 546 g/mol. The fraction of sp³-hybridized carbons (Fsp3) is 0.632. The first-order valence-corrected chi connectivity index (χ1v) is 17.0. The van der Waals surface area contributed by atoms with Gasteiger partial charge in [-0.25, -0.2) is 0 Å². The highest BCUT2D eigenvalue weighted by Gasteiger charge is 2.12. The molecule has 2 nitrogen and oxygen atoms in total. The van der Waals surface area contributed by atoms with Gasteiger partial charge in [0.05, 0.1) is 0 Å². The van der Waals surface area contributed by atoms with Gasteiger partial charge >= 0.3 is 0 Å². The zero-order valence-electron chi connectivity index (χ0n) is 27.2. The summed E-state index contributed by atoms with van der Waals surface area (Å²) in [4.78, 5) is 0. The van der Waals surface area contributed by atoms with E-state index >= 15 is 0 Å². The molecule has 2 aromatic carbocycles. The molecule has 40 heavy (non-hydrogen) atoms. The van der Waals surface area contributed by atoms with Crippen molar-refractivity contribution in [2.24, 2.45) is 5.11 Å². The van der Waals surface area contributed by atoms with Crippen molar-refractivity contribution in [2.45, 2.75) is 151 Å². The molecule has 0 saturated carbocycles. The highest BCUT2D eigenvalue weighted by molar-refractivity contribution is 5.51. The van der Waals surface area contributed by atoms with Gasteiger partial charge in [-0.2, -0.15) is 0 Å². The van der Waals surface area contributed by atoms with Crippen molar-refractivity contribution in [3.05, 3.63) is 69.9 Å². The van der Waals surface area contributed by atoms with Crippen molar-refractivity contribution in [1.29, 1.82) is 0 Å². The Morgan fingerprint density at radius 2 is 1.15 bits per heavy atom. The highest BCUT2D eigenvalue weighted by Crippen LogP contribution is 2.28. The lowest BCUT2D eigenvalue weighted by Gasteiger charge is -2.15. The van der Waals surface area contributed by atoms with E-state index in [0.29, 0.717) is 0 Å². The molecular weight excluding hydrogens is 484 g/mol. The smallest absolute Gasteiger partial charge is 0.0910 e. The van der Waals surface area contributed by atoms with Crippen LogP contribution < -0.4 is 0 Å². The van der Waals surface area contributed by atoms with Gasteiger partial charge in [-0.15, -0.1) is 0 Å². The lowest BCUT2D eigenvalue weighted by Crippen LogP contribution is -2.03. The van der Waals surface area contributed by atoms with Crippen LogP contribution in [0.3, 0.4) is 0 Å². The predicted octanol–water partition coefficient (Wildman–Crippen LogP) is 12.0. The third-order valence-corrected chi connectivity index (χ3v) is 8.29. The van der Waals surface area contributed by atoms with Crippen LogP contribution in [0.25, 0.3) is 6.08 Å². The largest absolute Gasteiger partial charge is 0.196 e. The summed E-state index contributed by atoms with van der Waals surface area (Å²) in [6.45, 7) is 14.5. The summed E-state index contributed by atoms with van der Waals surface area (Å²) in [5, 5.41) is 5.14. The molecule has 0 fully saturated rings. The molecule has 0 aliphatic heterocycles. The van der Waals surface area contributed by atoms with Crippen LogP contribution >= 0.6 is 0 Å². The van der Waals surface area contributed by atoms with Crippen LogP contribution in [-0.2, 0) is 32.1 Å². The Morgan fingerprint density at radius 3 is 1.75 bits per heavy atom. The molecule has 0 spiro atoms. The van der Waals surface area contributed by atoms with Crippen molar-refractivity contribution in [3.63, 3.8) is 0 Å². The van der Waals surface area contributed by atoms with Crippen LogP contribution in [0.5, 0.6) is 0 Å². The van der Waals surface area contributed by atoms with E-state index in [-0.39, 0.29) is 0 Å². The Bertz CT molecular complexity index is 1030. The molecule has 222 valence electrons. The first kappa shape index (κ1) is 34.0. The Labute approximate surface area is 248 Å². The summed E-state index contributed by atoms with van der Waals surface area (Å²) in [5.74, 6) is 0. The van der Waals surface area contributed by atoms with E-state index in [1.165, 1.54) is 124 Å². The van der Waals surface area contributed by atoms with E-state index in [0.717, 1.165) is 25.1 Å². The molecule has 0 atom stereocenters. The molecule has 0 heterocycles. The van der Waals surface area contributed by atoms with Crippen LogP contribution in [0.1, 0.15) is 152 Å². The lowest BCUT2D eigenvalue weighted by atomic mass is 9.91. The minimum Gasteiger partial charge on any atom is -0.0910 e. The van der Waals surface area contributed by atoms with Crippen LogP contribution in [0.2, 0.25) is 0 Å². The van der Waals surface area contributed by atoms with Gasteiger partial charge in [0.25, 0.3) is 0 Å². The molecule has 0 bridgehead atoms. The third kappa shape index (κ3) is 12.1. The number of azo groups is 2. The second-order valence-electron chi connectivity index (χ2n) is 11.6. The zero-order chi connectivity index (χ0) is 29.0. The van der Waals surface area contributed by atoms with Gasteiger partial charge in [-0.1, -0.05) is 115 Å². The summed E-state index contributed by atoms with van der Waals surface area (Å²) in [5.41, 5.74) is 10.1. The molecule has 0 aliphatic rings. The molecule has 0 amide bonds. The Hall–Kier alpha value is -2.22. The first-order chi connectivity index (χ1) is 19.6. The van der Waals surface area contributed by atoms with Crippen LogP contribution in [-0.4, -0.2) is 11.2 Å². The molecule has 2 heteroatoms. The Balaban J connectivity index is 2.27. The Kier molecular flexibility index (Phi) is 17.5. The topological polar surface area (TPSA) is 15.4 Å². The molecule has 0 saturated heterocycles. The molecule has 0 aromatic heterocycles. The van der Waals surface area contributed by atoms with E-state index in [1.807, 2.05) is 0 Å². The van der Waals surface area contributed by atoms with Gasteiger partial charge < -0.3 is 0 Å². The molecule has 0 aliphatic carbocycles. The third-order valence-electron chi connectivity index (χ3n) is 8.29. The number of hydrogen-bond acceptors (Lipinski definition) is 1. The van der Waals surface area contributed by atoms with E-state index in [4.69, 9.17) is 5.11 Å². The molecule has 2 aromatic rings. The van der Waals surface area contributed by atoms with Crippen molar-refractivity contribution in [1.82, 2.24) is 0 Å². The SMILES string of the molecule is CCCCCCCCc1cc(N=[N+](C=Cc2ccc(CC)c(CCCCCC)c2)CC)cc(CCCC)c1CC. The summed E-state index contributed by atoms with van der Waals surface area (Å²) in [6.07, 6.45) is 26.0. The maximum atomic E-state index is 5.14. The van der Waals surface area contributed by atoms with Gasteiger partial charge in [0, 0.05) is 6.08 Å². The van der Waals surface area contributed by atoms with Crippen LogP contribution in [0, 0.1) is 0 Å². The lowest BCUT2D eigenvalue weighted by molar-refractivity contribution is -0.519. The normalized spacial score (nSPS) is 12.1. The van der Waals surface area contributed by atoms with E-state index < -0.39 is 0 Å². The second kappa shape index (κ2) is 20.6. The number of unbranched alkanes of at least 4 members (excludes halogenated alkanes) is 9. The van der Waals surface area contributed by atoms with Crippen molar-refractivity contribution in [2.75, 3.05) is 6.54 Å². The Morgan fingerprint density at radius 1 is 0.575 bits per heavy atom. The standard InChI is InChI=1S/C38H61N2/c1-7-13-16-18-19-21-24-36-31-37(30-35(22-15-9-3)38(36)11-5)39-40(12-6)28-27-32-25-26-33(10-4)34(29-32)23-20-17-14-8-2/h25-31H,7-24H2,1-6H3/q+1. The average Bonchev–Trinajstić information content (AvgIpc) is 2.98. The van der Waals surface area contributed by atoms with Crippen molar-refractivity contribution >= 4 is 11.8 Å². The summed E-state index contributed by atoms with van der Waals surface area (Å²) in [7, 11) is 0. The van der Waals surface area contributed by atoms with E-state index in [2.05, 4.69) is 88.8 Å². The highest BCUT2D eigenvalue weighted by atomic mass is 15.2. The minimum absolute atomic E-state index is 0.861. The van der Waals surface area contributed by atoms with Crippen LogP contribution in [0.15, 0.2) is 41.6 Å². The molecule has 0 radical (unpaired) electrons. The maximum absolute atomic E-state index is 5.14. The van der Waals surface area contributed by atoms with Gasteiger partial charge in [-0.3, -0.25) is 0 Å². The first-order valence-electron chi connectivity index (χ1n) is 17.0. The molecular formula is C38H61N2+. The summed E-state index contributed by atoms with van der Waals surface area (Å²) < 4.78 is 2.12. The quantitative estimate of drug-likeness (QED) is 0.0842. The second-order valence-corrected chi connectivity index (χ2v) is 11.6. The van der Waals surface area contributed by atoms with Gasteiger partial charge in [0.2, 0.25) is 0 Å². The molecule has 0 N–H and O–H groups in total. The number of benzene rings is 2. The van der Waals surface area contributed by atoms with Crippen LogP contribution in [0.4, 0.5) is 5.69 Å². The van der Waals surface area contributed by atoms with Gasteiger partial charge in [-0.05, 0) is 109 Å². The number of nitrogens with zero attached hydrogens (tertiary/aromatic N) is 2. The van der Waals surface area contributed by atoms with E-state index in [1.54, 1.807) is 5.56 Å². The fourth-order valence-electron chi connectivity index (χ4n) is 5.80. The number of rotatable bonds is 21. The van der Waals surface area contributed by atoms with Gasteiger partial charge in [0.15, 0.2) is 12.7 Å². The predicted molar refractivity (Wildman–Crippen MR) is 177 cm³/mol. The maximum Gasteiger partial charge on any atom is 0.196 e. The minimum atomic E-state index is 0.861. The summed E-state index contributed by atoms with van der Waals surface area (Å²) in [6, 6.07) is 11.8. The molecule has 2 rings (SSSR count). The fourth-order valence-corrected chi connectivity index (χ4v) is 5.80. The number of hydrogen-bond donors (Lipinski definition) is 0. The van der Waals surface area contributed by atoms with Crippen molar-refractivity contribution < 1.29 is 4.70 Å². The summed E-state index contributed by atoms with van der Waals surface area (Å²) >= 11 is 0.